The number of nitrogens with one attached hydrogen (secondary N) is 2. The highest BCUT2D eigenvalue weighted by Gasteiger charge is 2.22. The topological polar surface area (TPSA) is 211 Å². The third-order valence-corrected chi connectivity index (χ3v) is 8.77. The fourth-order valence-corrected chi connectivity index (χ4v) is 5.81. The molecule has 2 atom stereocenters. The number of aromatic nitrogens is 4. The van der Waals surface area contributed by atoms with E-state index in [0.717, 1.165) is 16.7 Å². The number of hydrogen-bond donors (Lipinski definition) is 4. The monoisotopic (exact) mass is 794 g/mol. The molecule has 0 unspecified atom stereocenters. The van der Waals surface area contributed by atoms with Crippen molar-refractivity contribution < 1.29 is 47.2 Å². The van der Waals surface area contributed by atoms with Crippen LogP contribution in [-0.4, -0.2) is 54.2 Å². The zero-order valence-electron chi connectivity index (χ0n) is 31.5. The molecular weight excluding hydrogens is 754 g/mol. The maximum absolute atomic E-state index is 13.8. The van der Waals surface area contributed by atoms with Crippen LogP contribution in [0.3, 0.4) is 0 Å². The Morgan fingerprint density at radius 3 is 1.55 bits per heavy atom. The second-order valence-electron chi connectivity index (χ2n) is 13.2. The quantitative estimate of drug-likeness (QED) is 0.0789. The molecule has 0 fully saturated rings. The first-order valence-corrected chi connectivity index (χ1v) is 18.2. The van der Waals surface area contributed by atoms with E-state index < -0.39 is 35.7 Å². The van der Waals surface area contributed by atoms with Crippen molar-refractivity contribution in [1.82, 2.24) is 30.9 Å². The molecule has 0 spiro atoms. The zero-order valence-corrected chi connectivity index (χ0v) is 31.5. The third kappa shape index (κ3) is 12.2. The van der Waals surface area contributed by atoms with E-state index in [1.807, 2.05) is 38.1 Å². The largest absolute Gasteiger partial charge is 0.481 e. The molecule has 0 saturated carbocycles. The summed E-state index contributed by atoms with van der Waals surface area (Å²) < 4.78 is 37.8. The summed E-state index contributed by atoms with van der Waals surface area (Å²) in [4.78, 5) is 55.3. The van der Waals surface area contributed by atoms with Crippen molar-refractivity contribution in [2.75, 3.05) is 0 Å². The Hall–Kier alpha value is -7.10. The number of carbonyl (C=O) groups is 4. The Kier molecular flexibility index (Phi) is 14.6. The molecule has 0 radical (unpaired) electrons. The van der Waals surface area contributed by atoms with Crippen molar-refractivity contribution in [3.05, 3.63) is 143 Å². The van der Waals surface area contributed by atoms with Gasteiger partial charge in [-0.2, -0.15) is 9.97 Å². The molecule has 2 amide bonds. The van der Waals surface area contributed by atoms with E-state index in [9.17, 15) is 33.1 Å². The van der Waals surface area contributed by atoms with Crippen LogP contribution in [-0.2, 0) is 32.0 Å². The van der Waals surface area contributed by atoms with Crippen LogP contribution in [0.25, 0.3) is 22.8 Å². The van der Waals surface area contributed by atoms with E-state index in [-0.39, 0.29) is 84.9 Å². The molecule has 6 rings (SSSR count). The summed E-state index contributed by atoms with van der Waals surface area (Å²) in [6, 6.07) is 25.4. The number of rotatable bonds is 16. The summed E-state index contributed by atoms with van der Waals surface area (Å²) >= 11 is 0. The Morgan fingerprint density at radius 2 is 1.07 bits per heavy atom. The fourth-order valence-electron chi connectivity index (χ4n) is 5.81. The van der Waals surface area contributed by atoms with Crippen molar-refractivity contribution in [2.45, 2.75) is 64.5 Å². The van der Waals surface area contributed by atoms with Crippen LogP contribution in [0.5, 0.6) is 0 Å². The lowest BCUT2D eigenvalue weighted by atomic mass is 9.98. The van der Waals surface area contributed by atoms with Crippen molar-refractivity contribution in [3.8, 4) is 22.8 Å². The van der Waals surface area contributed by atoms with Gasteiger partial charge in [-0.15, -0.1) is 0 Å². The minimum atomic E-state index is -1.01. The summed E-state index contributed by atoms with van der Waals surface area (Å²) in [5.41, 5.74) is 3.83. The van der Waals surface area contributed by atoms with Crippen LogP contribution < -0.4 is 10.6 Å². The minimum Gasteiger partial charge on any atom is -0.481 e. The normalized spacial score (nSPS) is 11.8. The average Bonchev–Trinajstić information content (AvgIpc) is 3.87. The van der Waals surface area contributed by atoms with Crippen LogP contribution in [0.4, 0.5) is 8.78 Å². The predicted molar refractivity (Wildman–Crippen MR) is 205 cm³/mol. The van der Waals surface area contributed by atoms with Crippen LogP contribution in [0.15, 0.2) is 106 Å². The standard InChI is InChI=1S/2C21H20FN3O4/c1-13-6-2-3-7-14(13)17(12-20(27)28)23-18(26)10-11-19-24-21(25-29-19)15-8-4-5-9-16(15)22;1-13-6-8-14(9-7-13)17(12-20(27)28)23-18(26)10-11-19-24-21(25-29-19)15-4-2-3-5-16(15)22/h2*2-9,17H,10-12H2,1H3,(H,23,26)(H,27,28)/t2*17-/m00/s1. The molecule has 2 aromatic heterocycles. The lowest BCUT2D eigenvalue weighted by molar-refractivity contribution is -0.139. The van der Waals surface area contributed by atoms with Crippen molar-refractivity contribution in [1.29, 1.82) is 0 Å². The first-order valence-electron chi connectivity index (χ1n) is 18.2. The Balaban J connectivity index is 0.000000221. The molecule has 58 heavy (non-hydrogen) atoms. The number of amides is 2. The van der Waals surface area contributed by atoms with Crippen LogP contribution in [0.2, 0.25) is 0 Å². The van der Waals surface area contributed by atoms with Crippen molar-refractivity contribution in [3.63, 3.8) is 0 Å². The fraction of sp³-hybridized carbons (Fsp3) is 0.238. The number of aliphatic carboxylic acids is 2. The highest BCUT2D eigenvalue weighted by molar-refractivity contribution is 5.78. The van der Waals surface area contributed by atoms with Gasteiger partial charge >= 0.3 is 11.9 Å². The van der Waals surface area contributed by atoms with Gasteiger partial charge in [0.15, 0.2) is 0 Å². The average molecular weight is 795 g/mol. The lowest BCUT2D eigenvalue weighted by Crippen LogP contribution is -2.30. The van der Waals surface area contributed by atoms with E-state index in [1.54, 1.807) is 48.5 Å². The lowest BCUT2D eigenvalue weighted by Gasteiger charge is -2.19. The smallest absolute Gasteiger partial charge is 0.305 e. The molecule has 4 N–H and O–H groups in total. The Bertz CT molecular complexity index is 2350. The van der Waals surface area contributed by atoms with E-state index in [1.165, 1.54) is 24.3 Å². The number of carboxylic acid groups (broad SMARTS) is 2. The van der Waals surface area contributed by atoms with Gasteiger partial charge < -0.3 is 29.9 Å². The number of hydrogen-bond acceptors (Lipinski definition) is 10. The van der Waals surface area contributed by atoms with Crippen LogP contribution >= 0.6 is 0 Å². The highest BCUT2D eigenvalue weighted by Crippen LogP contribution is 2.23. The maximum atomic E-state index is 13.8. The molecule has 16 heteroatoms. The number of carboxylic acids is 2. The Morgan fingerprint density at radius 1 is 0.621 bits per heavy atom. The molecule has 300 valence electrons. The van der Waals surface area contributed by atoms with E-state index >= 15 is 0 Å². The van der Waals surface area contributed by atoms with E-state index in [0.29, 0.717) is 5.56 Å². The number of benzene rings is 4. The van der Waals surface area contributed by atoms with E-state index in [4.69, 9.17) is 14.2 Å². The highest BCUT2D eigenvalue weighted by atomic mass is 19.1. The molecule has 0 saturated heterocycles. The van der Waals surface area contributed by atoms with Gasteiger partial charge in [-0.3, -0.25) is 19.2 Å². The Labute approximate surface area is 331 Å². The molecule has 0 aliphatic carbocycles. The van der Waals surface area contributed by atoms with Gasteiger partial charge in [0.25, 0.3) is 0 Å². The van der Waals surface area contributed by atoms with Gasteiger partial charge in [0.05, 0.1) is 36.1 Å². The first-order chi connectivity index (χ1) is 27.9. The molecule has 6 aromatic rings. The zero-order chi connectivity index (χ0) is 41.6. The van der Waals surface area contributed by atoms with Gasteiger partial charge in [0, 0.05) is 25.7 Å². The number of aryl methyl sites for hydroxylation is 4. The SMILES string of the molecule is Cc1ccc([C@H](CC(=O)O)NC(=O)CCc2nc(-c3ccccc3F)no2)cc1.Cc1ccccc1[C@H](CC(=O)O)NC(=O)CCc1nc(-c2ccccc2F)no1. The second kappa shape index (κ2) is 20.2. The van der Waals surface area contributed by atoms with Gasteiger partial charge in [-0.1, -0.05) is 88.7 Å². The summed E-state index contributed by atoms with van der Waals surface area (Å²) in [7, 11) is 0. The minimum absolute atomic E-state index is 0.0287. The molecule has 14 nitrogen and oxygen atoms in total. The van der Waals surface area contributed by atoms with Crippen molar-refractivity contribution >= 4 is 23.8 Å². The summed E-state index contributed by atoms with van der Waals surface area (Å²) in [6.07, 6.45) is -0.0923. The van der Waals surface area contributed by atoms with Gasteiger partial charge in [-0.05, 0) is 54.8 Å². The van der Waals surface area contributed by atoms with Gasteiger partial charge in [-0.25, -0.2) is 8.78 Å². The molecular formula is C42H40F2N6O8. The molecule has 4 aromatic carbocycles. The summed E-state index contributed by atoms with van der Waals surface area (Å²) in [5, 5.41) is 31.3. The number of halogens is 2. The summed E-state index contributed by atoms with van der Waals surface area (Å²) in [6.45, 7) is 3.79. The van der Waals surface area contributed by atoms with Crippen molar-refractivity contribution in [2.24, 2.45) is 0 Å². The summed E-state index contributed by atoms with van der Waals surface area (Å²) in [5.74, 6) is -3.02. The molecule has 0 bridgehead atoms. The van der Waals surface area contributed by atoms with Gasteiger partial charge in [0.1, 0.15) is 11.6 Å². The van der Waals surface area contributed by atoms with Gasteiger partial charge in [0.2, 0.25) is 35.2 Å². The van der Waals surface area contributed by atoms with Crippen LogP contribution in [0.1, 0.15) is 71.8 Å². The molecule has 0 aliphatic rings. The van der Waals surface area contributed by atoms with E-state index in [2.05, 4.69) is 30.9 Å². The number of nitrogens with zero attached hydrogens (tertiary/aromatic N) is 4. The molecule has 0 aliphatic heterocycles. The second-order valence-corrected chi connectivity index (χ2v) is 13.2. The first kappa shape index (κ1) is 42.1. The third-order valence-electron chi connectivity index (χ3n) is 8.77. The van der Waals surface area contributed by atoms with Crippen LogP contribution in [0, 0.1) is 25.5 Å². The molecule has 2 heterocycles. The predicted octanol–water partition coefficient (Wildman–Crippen LogP) is 6.90. The maximum Gasteiger partial charge on any atom is 0.305 e. The number of carbonyl (C=O) groups excluding carboxylic acids is 2.